The average molecular weight is 257 g/mol. The van der Waals surface area contributed by atoms with Crippen molar-refractivity contribution in [1.82, 2.24) is 9.99 Å². The van der Waals surface area contributed by atoms with Crippen molar-refractivity contribution in [1.29, 1.82) is 0 Å². The molecule has 2 heterocycles. The molecular formula is C10H15N3O3S. The van der Waals surface area contributed by atoms with Crippen LogP contribution in [0.15, 0.2) is 10.2 Å². The Morgan fingerprint density at radius 1 is 1.71 bits per heavy atom. The molecule has 0 spiro atoms. The Morgan fingerprint density at radius 2 is 2.47 bits per heavy atom. The molecular weight excluding hydrogens is 242 g/mol. The van der Waals surface area contributed by atoms with Crippen molar-refractivity contribution in [3.63, 3.8) is 0 Å². The number of rotatable bonds is 3. The van der Waals surface area contributed by atoms with Crippen LogP contribution in [0.3, 0.4) is 0 Å². The second-order valence-electron chi connectivity index (χ2n) is 4.09. The summed E-state index contributed by atoms with van der Waals surface area (Å²) >= 11 is 1.18. The van der Waals surface area contributed by atoms with Crippen LogP contribution in [0.4, 0.5) is 0 Å². The smallest absolute Gasteiger partial charge is 0.307 e. The van der Waals surface area contributed by atoms with Gasteiger partial charge in [-0.2, -0.15) is 0 Å². The van der Waals surface area contributed by atoms with Crippen LogP contribution in [0.1, 0.15) is 18.5 Å². The van der Waals surface area contributed by atoms with E-state index in [-0.39, 0.29) is 16.9 Å². The number of aryl methyl sites for hydroxylation is 1. The highest BCUT2D eigenvalue weighted by atomic mass is 32.1. The van der Waals surface area contributed by atoms with Gasteiger partial charge in [0.25, 0.3) is 5.91 Å². The summed E-state index contributed by atoms with van der Waals surface area (Å²) in [7, 11) is 0. The van der Waals surface area contributed by atoms with Crippen LogP contribution >= 0.6 is 11.3 Å². The van der Waals surface area contributed by atoms with Crippen molar-refractivity contribution >= 4 is 17.2 Å². The Hall–Kier alpha value is -1.18. The Bertz CT molecular complexity index is 468. The maximum Gasteiger partial charge on any atom is 0.307 e. The molecule has 0 aliphatic carbocycles. The summed E-state index contributed by atoms with van der Waals surface area (Å²) in [6.07, 6.45) is 0.828. The number of carbonyl (C=O) groups excluding carboxylic acids is 1. The van der Waals surface area contributed by atoms with Gasteiger partial charge < -0.3 is 9.30 Å². The molecule has 1 saturated heterocycles. The van der Waals surface area contributed by atoms with Gasteiger partial charge in [0, 0.05) is 11.1 Å². The van der Waals surface area contributed by atoms with Gasteiger partial charge in [0.2, 0.25) is 0 Å². The highest BCUT2D eigenvalue weighted by Gasteiger charge is 2.30. The first-order valence-corrected chi connectivity index (χ1v) is 6.30. The van der Waals surface area contributed by atoms with Crippen molar-refractivity contribution in [2.75, 3.05) is 0 Å². The van der Waals surface area contributed by atoms with Crippen LogP contribution in [0, 0.1) is 6.92 Å². The van der Waals surface area contributed by atoms with Crippen molar-refractivity contribution in [2.24, 2.45) is 5.84 Å². The van der Waals surface area contributed by atoms with Crippen LogP contribution in [0.2, 0.25) is 0 Å². The van der Waals surface area contributed by atoms with E-state index in [0.717, 1.165) is 12.1 Å². The number of hydrazine groups is 1. The zero-order valence-corrected chi connectivity index (χ0v) is 10.3. The van der Waals surface area contributed by atoms with Gasteiger partial charge in [-0.15, -0.1) is 0 Å². The number of carbonyl (C=O) groups is 1. The number of nitrogens with two attached hydrogens (primary N) is 1. The minimum atomic E-state index is -0.486. The summed E-state index contributed by atoms with van der Waals surface area (Å²) < 4.78 is 7.23. The maximum atomic E-state index is 11.5. The number of thiazole rings is 1. The molecule has 1 aromatic heterocycles. The predicted molar refractivity (Wildman–Crippen MR) is 63.5 cm³/mol. The van der Waals surface area contributed by atoms with Gasteiger partial charge in [-0.25, -0.2) is 5.84 Å². The number of aromatic nitrogens is 1. The fourth-order valence-corrected chi connectivity index (χ4v) is 2.70. The number of hydrogen-bond donors (Lipinski definition) is 2. The van der Waals surface area contributed by atoms with Crippen LogP contribution in [0.25, 0.3) is 0 Å². The Labute approximate surface area is 102 Å². The highest BCUT2D eigenvalue weighted by molar-refractivity contribution is 7.07. The van der Waals surface area contributed by atoms with E-state index in [1.807, 2.05) is 12.3 Å². The first-order chi connectivity index (χ1) is 8.11. The lowest BCUT2D eigenvalue weighted by atomic mass is 10.2. The monoisotopic (exact) mass is 257 g/mol. The van der Waals surface area contributed by atoms with E-state index < -0.39 is 6.10 Å². The molecule has 2 atom stereocenters. The van der Waals surface area contributed by atoms with E-state index in [1.54, 1.807) is 4.57 Å². The number of nitrogens with zero attached hydrogens (tertiary/aromatic N) is 1. The van der Waals surface area contributed by atoms with Crippen LogP contribution < -0.4 is 16.1 Å². The van der Waals surface area contributed by atoms with E-state index >= 15 is 0 Å². The van der Waals surface area contributed by atoms with Crippen molar-refractivity contribution < 1.29 is 9.53 Å². The predicted octanol–water partition coefficient (Wildman–Crippen LogP) is -0.244. The van der Waals surface area contributed by atoms with E-state index in [1.165, 1.54) is 11.3 Å². The summed E-state index contributed by atoms with van der Waals surface area (Å²) in [5, 5.41) is 1.82. The Kier molecular flexibility index (Phi) is 3.60. The molecule has 0 aromatic carbocycles. The zero-order chi connectivity index (χ0) is 12.4. The summed E-state index contributed by atoms with van der Waals surface area (Å²) in [4.78, 5) is 22.8. The zero-order valence-electron chi connectivity index (χ0n) is 9.51. The number of ether oxygens (including phenoxy) is 1. The van der Waals surface area contributed by atoms with E-state index in [0.29, 0.717) is 13.0 Å². The molecule has 94 valence electrons. The Morgan fingerprint density at radius 3 is 3.06 bits per heavy atom. The molecule has 2 rings (SSSR count). The van der Waals surface area contributed by atoms with Crippen molar-refractivity contribution in [3.05, 3.63) is 20.7 Å². The second kappa shape index (κ2) is 4.99. The van der Waals surface area contributed by atoms with E-state index in [4.69, 9.17) is 10.6 Å². The molecule has 0 radical (unpaired) electrons. The molecule has 6 nitrogen and oxygen atoms in total. The van der Waals surface area contributed by atoms with E-state index in [9.17, 15) is 9.59 Å². The minimum Gasteiger partial charge on any atom is -0.363 e. The molecule has 17 heavy (non-hydrogen) atoms. The average Bonchev–Trinajstić information content (AvgIpc) is 2.90. The molecule has 3 N–H and O–H groups in total. The first kappa shape index (κ1) is 12.3. The molecule has 0 bridgehead atoms. The largest absolute Gasteiger partial charge is 0.363 e. The summed E-state index contributed by atoms with van der Waals surface area (Å²) in [6.45, 7) is 2.39. The molecule has 1 fully saturated rings. The van der Waals surface area contributed by atoms with Crippen LogP contribution in [0.5, 0.6) is 0 Å². The van der Waals surface area contributed by atoms with Gasteiger partial charge in [0.15, 0.2) is 0 Å². The lowest BCUT2D eigenvalue weighted by Gasteiger charge is -2.13. The molecule has 2 unspecified atom stereocenters. The summed E-state index contributed by atoms with van der Waals surface area (Å²) in [5.41, 5.74) is 3.00. The van der Waals surface area contributed by atoms with Crippen LogP contribution in [-0.2, 0) is 16.1 Å². The third-order valence-electron chi connectivity index (χ3n) is 2.90. The summed E-state index contributed by atoms with van der Waals surface area (Å²) in [5.74, 6) is 4.74. The molecule has 0 saturated carbocycles. The van der Waals surface area contributed by atoms with Crippen LogP contribution in [-0.4, -0.2) is 22.7 Å². The van der Waals surface area contributed by atoms with Gasteiger partial charge in [-0.05, 0) is 19.8 Å². The first-order valence-electron chi connectivity index (χ1n) is 5.42. The van der Waals surface area contributed by atoms with Crippen molar-refractivity contribution in [2.45, 2.75) is 38.5 Å². The molecule has 1 amide bonds. The molecule has 1 aliphatic rings. The van der Waals surface area contributed by atoms with Gasteiger partial charge in [0.05, 0.1) is 12.6 Å². The number of amides is 1. The third-order valence-corrected chi connectivity index (χ3v) is 3.79. The Balaban J connectivity index is 1.99. The number of nitrogens with one attached hydrogen (secondary N) is 1. The standard InChI is InChI=1S/C10H15N3O3S/c1-6-5-17-10(15)13(6)4-7-2-3-8(16-7)9(14)12-11/h5,7-8H,2-4,11H2,1H3,(H,12,14). The van der Waals surface area contributed by atoms with Gasteiger partial charge in [0.1, 0.15) is 6.10 Å². The van der Waals surface area contributed by atoms with E-state index in [2.05, 4.69) is 5.43 Å². The lowest BCUT2D eigenvalue weighted by molar-refractivity contribution is -0.132. The molecule has 1 aromatic rings. The van der Waals surface area contributed by atoms with Crippen molar-refractivity contribution in [3.8, 4) is 0 Å². The highest BCUT2D eigenvalue weighted by Crippen LogP contribution is 2.21. The molecule has 7 heteroatoms. The third kappa shape index (κ3) is 2.56. The molecule has 1 aliphatic heterocycles. The lowest BCUT2D eigenvalue weighted by Crippen LogP contribution is -2.39. The van der Waals surface area contributed by atoms with Gasteiger partial charge >= 0.3 is 4.87 Å². The second-order valence-corrected chi connectivity index (χ2v) is 4.91. The number of hydrogen-bond acceptors (Lipinski definition) is 5. The normalized spacial score (nSPS) is 23.9. The summed E-state index contributed by atoms with van der Waals surface area (Å²) in [6, 6.07) is 0. The topological polar surface area (TPSA) is 86.4 Å². The fourth-order valence-electron chi connectivity index (χ4n) is 1.95. The van der Waals surface area contributed by atoms with Gasteiger partial charge in [-0.1, -0.05) is 11.3 Å². The minimum absolute atomic E-state index is 0.0119. The quantitative estimate of drug-likeness (QED) is 0.444. The SMILES string of the molecule is Cc1csc(=O)n1CC1CCC(C(=O)NN)O1. The fraction of sp³-hybridized carbons (Fsp3) is 0.600. The maximum absolute atomic E-state index is 11.5. The van der Waals surface area contributed by atoms with Gasteiger partial charge in [-0.3, -0.25) is 15.0 Å².